The van der Waals surface area contributed by atoms with Crippen LogP contribution in [0.1, 0.15) is 23.7 Å². The van der Waals surface area contributed by atoms with Crippen LogP contribution >= 0.6 is 0 Å². The summed E-state index contributed by atoms with van der Waals surface area (Å²) < 4.78 is 0. The van der Waals surface area contributed by atoms with Gasteiger partial charge < -0.3 is 4.90 Å². The molecule has 0 spiro atoms. The van der Waals surface area contributed by atoms with Gasteiger partial charge in [-0.25, -0.2) is 4.90 Å². The van der Waals surface area contributed by atoms with Crippen molar-refractivity contribution in [1.29, 1.82) is 0 Å². The predicted octanol–water partition coefficient (Wildman–Crippen LogP) is 2.25. The standard InChI is InChI=1S/C22H22N4O5/c1-15(27)16-2-4-17(5-3-16)23-10-12-24(13-11-23)20-14-21(28)25(22(20)29)18-6-8-19(9-7-18)26(30)31/h2-9,20H,10-14H2,1H3. The smallest absolute Gasteiger partial charge is 0.269 e. The SMILES string of the molecule is CC(=O)c1ccc(N2CCN(C3CC(=O)N(c4ccc([N+](=O)[O-])cc4)C3=O)CC2)cc1. The Morgan fingerprint density at radius 1 is 0.935 bits per heavy atom. The van der Waals surface area contributed by atoms with E-state index in [1.165, 1.54) is 31.2 Å². The number of anilines is 2. The van der Waals surface area contributed by atoms with Crippen molar-refractivity contribution in [1.82, 2.24) is 4.90 Å². The van der Waals surface area contributed by atoms with Gasteiger partial charge in [0.1, 0.15) is 0 Å². The molecule has 9 nitrogen and oxygen atoms in total. The fourth-order valence-corrected chi connectivity index (χ4v) is 4.09. The molecular weight excluding hydrogens is 400 g/mol. The minimum Gasteiger partial charge on any atom is -0.369 e. The van der Waals surface area contributed by atoms with Crippen LogP contribution in [0.15, 0.2) is 48.5 Å². The number of imide groups is 1. The van der Waals surface area contributed by atoms with Crippen molar-refractivity contribution in [3.63, 3.8) is 0 Å². The van der Waals surface area contributed by atoms with Crippen LogP contribution in [-0.2, 0) is 9.59 Å². The number of rotatable bonds is 5. The van der Waals surface area contributed by atoms with Crippen molar-refractivity contribution in [2.75, 3.05) is 36.0 Å². The fraction of sp³-hybridized carbons (Fsp3) is 0.318. The van der Waals surface area contributed by atoms with Crippen LogP contribution in [0, 0.1) is 10.1 Å². The van der Waals surface area contributed by atoms with E-state index in [0.717, 1.165) is 10.6 Å². The number of benzene rings is 2. The molecule has 0 bridgehead atoms. The van der Waals surface area contributed by atoms with Gasteiger partial charge in [-0.05, 0) is 43.3 Å². The Hall–Kier alpha value is -3.59. The first-order chi connectivity index (χ1) is 14.8. The lowest BCUT2D eigenvalue weighted by atomic mass is 10.1. The summed E-state index contributed by atoms with van der Waals surface area (Å²) in [7, 11) is 0. The first-order valence-corrected chi connectivity index (χ1v) is 10.1. The number of ketones is 1. The maximum absolute atomic E-state index is 13.0. The lowest BCUT2D eigenvalue weighted by molar-refractivity contribution is -0.384. The molecule has 2 saturated heterocycles. The molecule has 160 valence electrons. The first kappa shape index (κ1) is 20.7. The average Bonchev–Trinajstić information content (AvgIpc) is 3.08. The Kier molecular flexibility index (Phi) is 5.51. The summed E-state index contributed by atoms with van der Waals surface area (Å²) >= 11 is 0. The number of nitro groups is 1. The second-order valence-corrected chi connectivity index (χ2v) is 7.69. The van der Waals surface area contributed by atoms with E-state index < -0.39 is 11.0 Å². The number of nitro benzene ring substituents is 1. The molecular formula is C22H22N4O5. The highest BCUT2D eigenvalue weighted by Crippen LogP contribution is 2.28. The van der Waals surface area contributed by atoms with Crippen molar-refractivity contribution in [2.45, 2.75) is 19.4 Å². The third-order valence-corrected chi connectivity index (χ3v) is 5.84. The topological polar surface area (TPSA) is 104 Å². The summed E-state index contributed by atoms with van der Waals surface area (Å²) in [5.41, 5.74) is 1.95. The molecule has 2 aliphatic rings. The van der Waals surface area contributed by atoms with Gasteiger partial charge in [0.15, 0.2) is 5.78 Å². The summed E-state index contributed by atoms with van der Waals surface area (Å²) in [5, 5.41) is 10.8. The highest BCUT2D eigenvalue weighted by molar-refractivity contribution is 6.22. The number of amides is 2. The highest BCUT2D eigenvalue weighted by atomic mass is 16.6. The van der Waals surface area contributed by atoms with Gasteiger partial charge >= 0.3 is 0 Å². The Morgan fingerprint density at radius 3 is 2.06 bits per heavy atom. The number of Topliss-reactive ketones (excluding diaryl/α,β-unsaturated/α-hetero) is 1. The molecule has 2 aromatic carbocycles. The lowest BCUT2D eigenvalue weighted by Gasteiger charge is -2.38. The van der Waals surface area contributed by atoms with E-state index >= 15 is 0 Å². The molecule has 0 saturated carbocycles. The van der Waals surface area contributed by atoms with Gasteiger partial charge in [0.2, 0.25) is 5.91 Å². The van der Waals surface area contributed by atoms with Crippen LogP contribution in [0.25, 0.3) is 0 Å². The third kappa shape index (κ3) is 4.04. The van der Waals surface area contributed by atoms with Crippen LogP contribution in [-0.4, -0.2) is 59.6 Å². The van der Waals surface area contributed by atoms with Gasteiger partial charge in [0.05, 0.1) is 23.1 Å². The summed E-state index contributed by atoms with van der Waals surface area (Å²) in [5.74, 6) is -0.567. The first-order valence-electron chi connectivity index (χ1n) is 10.1. The zero-order valence-corrected chi connectivity index (χ0v) is 17.1. The Balaban J connectivity index is 1.41. The van der Waals surface area contributed by atoms with Gasteiger partial charge in [-0.3, -0.25) is 29.4 Å². The Morgan fingerprint density at radius 2 is 1.52 bits per heavy atom. The van der Waals surface area contributed by atoms with E-state index in [9.17, 15) is 24.5 Å². The largest absolute Gasteiger partial charge is 0.369 e. The van der Waals surface area contributed by atoms with E-state index in [1.807, 2.05) is 29.2 Å². The third-order valence-electron chi connectivity index (χ3n) is 5.84. The molecule has 31 heavy (non-hydrogen) atoms. The van der Waals surface area contributed by atoms with Gasteiger partial charge in [0, 0.05) is 49.6 Å². The predicted molar refractivity (Wildman–Crippen MR) is 114 cm³/mol. The maximum atomic E-state index is 13.0. The van der Waals surface area contributed by atoms with Gasteiger partial charge in [-0.1, -0.05) is 0 Å². The second kappa shape index (κ2) is 8.27. The molecule has 9 heteroatoms. The number of hydrogen-bond donors (Lipinski definition) is 0. The zero-order chi connectivity index (χ0) is 22.1. The van der Waals surface area contributed by atoms with E-state index in [2.05, 4.69) is 4.90 Å². The second-order valence-electron chi connectivity index (χ2n) is 7.69. The van der Waals surface area contributed by atoms with Gasteiger partial charge in [0.25, 0.3) is 11.6 Å². The summed E-state index contributed by atoms with van der Waals surface area (Å²) in [4.78, 5) is 52.6. The van der Waals surface area contributed by atoms with E-state index in [-0.39, 0.29) is 29.7 Å². The van der Waals surface area contributed by atoms with Gasteiger partial charge in [-0.15, -0.1) is 0 Å². The highest BCUT2D eigenvalue weighted by Gasteiger charge is 2.43. The summed E-state index contributed by atoms with van der Waals surface area (Å²) in [6.45, 7) is 4.20. The van der Waals surface area contributed by atoms with E-state index in [4.69, 9.17) is 0 Å². The molecule has 1 unspecified atom stereocenters. The van der Waals surface area contributed by atoms with Crippen molar-refractivity contribution >= 4 is 34.7 Å². The average molecular weight is 422 g/mol. The van der Waals surface area contributed by atoms with Crippen molar-refractivity contribution in [3.8, 4) is 0 Å². The Bertz CT molecular complexity index is 1030. The summed E-state index contributed by atoms with van der Waals surface area (Å²) in [6.07, 6.45) is 0.100. The number of non-ortho nitro benzene ring substituents is 1. The maximum Gasteiger partial charge on any atom is 0.269 e. The zero-order valence-electron chi connectivity index (χ0n) is 17.1. The van der Waals surface area contributed by atoms with Crippen LogP contribution in [0.4, 0.5) is 17.1 Å². The van der Waals surface area contributed by atoms with Gasteiger partial charge in [-0.2, -0.15) is 0 Å². The van der Waals surface area contributed by atoms with Crippen molar-refractivity contribution < 1.29 is 19.3 Å². The van der Waals surface area contributed by atoms with Crippen LogP contribution < -0.4 is 9.80 Å². The molecule has 4 rings (SSSR count). The number of carbonyl (C=O) groups excluding carboxylic acids is 3. The fourth-order valence-electron chi connectivity index (χ4n) is 4.09. The number of piperazine rings is 1. The molecule has 2 heterocycles. The van der Waals surface area contributed by atoms with E-state index in [0.29, 0.717) is 37.4 Å². The normalized spacial score (nSPS) is 19.7. The molecule has 1 atom stereocenters. The molecule has 2 aromatic rings. The van der Waals surface area contributed by atoms with Crippen LogP contribution in [0.3, 0.4) is 0 Å². The number of hydrogen-bond acceptors (Lipinski definition) is 7. The minimum atomic E-state index is -0.523. The monoisotopic (exact) mass is 422 g/mol. The molecule has 0 N–H and O–H groups in total. The van der Waals surface area contributed by atoms with E-state index in [1.54, 1.807) is 0 Å². The molecule has 0 aliphatic carbocycles. The molecule has 2 fully saturated rings. The quantitative estimate of drug-likeness (QED) is 0.315. The lowest BCUT2D eigenvalue weighted by Crippen LogP contribution is -2.52. The minimum absolute atomic E-state index is 0.0263. The molecule has 2 aliphatic heterocycles. The molecule has 2 amide bonds. The van der Waals surface area contributed by atoms with Crippen molar-refractivity contribution in [2.24, 2.45) is 0 Å². The number of nitrogens with zero attached hydrogens (tertiary/aromatic N) is 4. The molecule has 0 radical (unpaired) electrons. The van der Waals surface area contributed by atoms with Crippen LogP contribution in [0.5, 0.6) is 0 Å². The summed E-state index contributed by atoms with van der Waals surface area (Å²) in [6, 6.07) is 12.4. The number of carbonyl (C=O) groups is 3. The molecule has 0 aromatic heterocycles. The van der Waals surface area contributed by atoms with Crippen molar-refractivity contribution in [3.05, 3.63) is 64.2 Å². The van der Waals surface area contributed by atoms with Crippen LogP contribution in [0.2, 0.25) is 0 Å². The Labute approximate surface area is 179 Å².